The second-order valence-corrected chi connectivity index (χ2v) is 5.02. The molecule has 0 amide bonds. The number of morpholine rings is 1. The van der Waals surface area contributed by atoms with E-state index in [2.05, 4.69) is 41.8 Å². The molecule has 4 heteroatoms. The normalized spacial score (nSPS) is 20.8. The molecule has 1 aliphatic heterocycles. The molecule has 2 rings (SSSR count). The van der Waals surface area contributed by atoms with Gasteiger partial charge in [0, 0.05) is 19.5 Å². The SMILES string of the molecule is S=C(S)N1CCOC(Cc2ccccc2)C1. The van der Waals surface area contributed by atoms with Crippen molar-refractivity contribution in [3.63, 3.8) is 0 Å². The van der Waals surface area contributed by atoms with Gasteiger partial charge in [-0.05, 0) is 5.56 Å². The van der Waals surface area contributed by atoms with Gasteiger partial charge in [0.1, 0.15) is 4.32 Å². The third-order valence-electron chi connectivity index (χ3n) is 2.72. The first-order chi connectivity index (χ1) is 7.75. The first-order valence-electron chi connectivity index (χ1n) is 5.39. The summed E-state index contributed by atoms with van der Waals surface area (Å²) in [4.78, 5) is 2.09. The summed E-state index contributed by atoms with van der Waals surface area (Å²) in [5.74, 6) is 0. The summed E-state index contributed by atoms with van der Waals surface area (Å²) >= 11 is 9.28. The van der Waals surface area contributed by atoms with Crippen LogP contribution in [0.2, 0.25) is 0 Å². The Hall–Kier alpha value is -0.580. The van der Waals surface area contributed by atoms with Gasteiger partial charge in [0.2, 0.25) is 0 Å². The second kappa shape index (κ2) is 5.66. The quantitative estimate of drug-likeness (QED) is 0.641. The van der Waals surface area contributed by atoms with Gasteiger partial charge in [-0.3, -0.25) is 0 Å². The average Bonchev–Trinajstić information content (AvgIpc) is 2.30. The number of thiol groups is 1. The molecular formula is C12H15NOS2. The average molecular weight is 253 g/mol. The highest BCUT2D eigenvalue weighted by molar-refractivity contribution is 8.10. The van der Waals surface area contributed by atoms with Crippen LogP contribution in [0.5, 0.6) is 0 Å². The lowest BCUT2D eigenvalue weighted by Crippen LogP contribution is -2.44. The molecule has 1 aromatic carbocycles. The number of rotatable bonds is 2. The van der Waals surface area contributed by atoms with Crippen LogP contribution < -0.4 is 0 Å². The van der Waals surface area contributed by atoms with E-state index in [0.717, 1.165) is 26.1 Å². The van der Waals surface area contributed by atoms with Crippen molar-refractivity contribution in [1.29, 1.82) is 0 Å². The Morgan fingerprint density at radius 2 is 2.19 bits per heavy atom. The smallest absolute Gasteiger partial charge is 0.133 e. The molecule has 1 atom stereocenters. The summed E-state index contributed by atoms with van der Waals surface area (Å²) in [7, 11) is 0. The fourth-order valence-electron chi connectivity index (χ4n) is 1.89. The molecule has 0 bridgehead atoms. The van der Waals surface area contributed by atoms with E-state index >= 15 is 0 Å². The lowest BCUT2D eigenvalue weighted by atomic mass is 10.1. The van der Waals surface area contributed by atoms with Gasteiger partial charge in [-0.2, -0.15) is 0 Å². The minimum atomic E-state index is 0.223. The zero-order valence-corrected chi connectivity index (χ0v) is 10.7. The first kappa shape index (κ1) is 11.9. The van der Waals surface area contributed by atoms with Crippen LogP contribution in [-0.4, -0.2) is 35.0 Å². The lowest BCUT2D eigenvalue weighted by Gasteiger charge is -2.33. The van der Waals surface area contributed by atoms with Gasteiger partial charge in [0.25, 0.3) is 0 Å². The zero-order chi connectivity index (χ0) is 11.4. The Labute approximate surface area is 107 Å². The van der Waals surface area contributed by atoms with Crippen LogP contribution in [0.3, 0.4) is 0 Å². The molecule has 1 fully saturated rings. The van der Waals surface area contributed by atoms with Crippen LogP contribution >= 0.6 is 24.8 Å². The molecule has 0 aromatic heterocycles. The molecule has 16 heavy (non-hydrogen) atoms. The Kier molecular flexibility index (Phi) is 4.21. The van der Waals surface area contributed by atoms with Gasteiger partial charge in [-0.1, -0.05) is 42.5 Å². The van der Waals surface area contributed by atoms with Gasteiger partial charge in [-0.25, -0.2) is 0 Å². The molecule has 0 spiro atoms. The molecule has 2 nitrogen and oxygen atoms in total. The first-order valence-corrected chi connectivity index (χ1v) is 6.24. The van der Waals surface area contributed by atoms with Crippen molar-refractivity contribution in [1.82, 2.24) is 4.90 Å². The van der Waals surface area contributed by atoms with Crippen LogP contribution in [-0.2, 0) is 11.2 Å². The molecule has 0 N–H and O–H groups in total. The predicted octanol–water partition coefficient (Wildman–Crippen LogP) is 2.14. The molecule has 1 aliphatic rings. The zero-order valence-electron chi connectivity index (χ0n) is 9.00. The lowest BCUT2D eigenvalue weighted by molar-refractivity contribution is -0.00305. The summed E-state index contributed by atoms with van der Waals surface area (Å²) in [6.45, 7) is 2.43. The Balaban J connectivity index is 1.93. The number of nitrogens with zero attached hydrogens (tertiary/aromatic N) is 1. The largest absolute Gasteiger partial charge is 0.374 e. The van der Waals surface area contributed by atoms with Gasteiger partial charge in [0.05, 0.1) is 12.7 Å². The highest BCUT2D eigenvalue weighted by atomic mass is 32.1. The van der Waals surface area contributed by atoms with Crippen molar-refractivity contribution >= 4 is 29.2 Å². The maximum Gasteiger partial charge on any atom is 0.133 e. The van der Waals surface area contributed by atoms with E-state index in [0.29, 0.717) is 4.32 Å². The van der Waals surface area contributed by atoms with Crippen LogP contribution in [0.15, 0.2) is 30.3 Å². The fraction of sp³-hybridized carbons (Fsp3) is 0.417. The number of thiocarbonyl (C=S) groups is 1. The highest BCUT2D eigenvalue weighted by Gasteiger charge is 2.20. The van der Waals surface area contributed by atoms with Crippen LogP contribution in [0.4, 0.5) is 0 Å². The van der Waals surface area contributed by atoms with E-state index in [4.69, 9.17) is 17.0 Å². The fourth-order valence-corrected chi connectivity index (χ4v) is 2.24. The monoisotopic (exact) mass is 253 g/mol. The molecule has 1 heterocycles. The van der Waals surface area contributed by atoms with Crippen molar-refractivity contribution in [3.05, 3.63) is 35.9 Å². The maximum atomic E-state index is 5.73. The standard InChI is InChI=1S/C12H15NOS2/c15-12(16)13-6-7-14-11(9-13)8-10-4-2-1-3-5-10/h1-5,11H,6-9H2,(H,15,16). The van der Waals surface area contributed by atoms with Crippen molar-refractivity contribution in [2.75, 3.05) is 19.7 Å². The predicted molar refractivity (Wildman–Crippen MR) is 73.0 cm³/mol. The summed E-state index contributed by atoms with van der Waals surface area (Å²) < 4.78 is 6.39. The number of benzene rings is 1. The molecule has 0 radical (unpaired) electrons. The summed E-state index contributed by atoms with van der Waals surface area (Å²) in [5.41, 5.74) is 1.31. The highest BCUT2D eigenvalue weighted by Crippen LogP contribution is 2.12. The van der Waals surface area contributed by atoms with E-state index < -0.39 is 0 Å². The number of hydrogen-bond acceptors (Lipinski definition) is 2. The molecule has 86 valence electrons. The molecule has 1 unspecified atom stereocenters. The van der Waals surface area contributed by atoms with Crippen molar-refractivity contribution < 1.29 is 4.74 Å². The third-order valence-corrected chi connectivity index (χ3v) is 3.26. The van der Waals surface area contributed by atoms with Crippen LogP contribution in [0.1, 0.15) is 5.56 Å². The summed E-state index contributed by atoms with van der Waals surface area (Å²) in [6.07, 6.45) is 1.16. The van der Waals surface area contributed by atoms with E-state index in [9.17, 15) is 0 Å². The summed E-state index contributed by atoms with van der Waals surface area (Å²) in [5, 5.41) is 0. The maximum absolute atomic E-state index is 5.73. The van der Waals surface area contributed by atoms with E-state index in [1.165, 1.54) is 5.56 Å². The van der Waals surface area contributed by atoms with E-state index in [1.807, 2.05) is 6.07 Å². The Bertz CT molecular complexity index is 355. The Morgan fingerprint density at radius 3 is 2.88 bits per heavy atom. The van der Waals surface area contributed by atoms with Gasteiger partial charge < -0.3 is 9.64 Å². The Morgan fingerprint density at radius 1 is 1.44 bits per heavy atom. The second-order valence-electron chi connectivity index (χ2n) is 3.91. The molecule has 0 aliphatic carbocycles. The molecule has 0 saturated carbocycles. The van der Waals surface area contributed by atoms with Crippen molar-refractivity contribution in [3.8, 4) is 0 Å². The molecule has 1 aromatic rings. The van der Waals surface area contributed by atoms with Gasteiger partial charge in [-0.15, -0.1) is 12.6 Å². The summed E-state index contributed by atoms with van der Waals surface area (Å²) in [6, 6.07) is 10.4. The van der Waals surface area contributed by atoms with Gasteiger partial charge in [0.15, 0.2) is 0 Å². The molecule has 1 saturated heterocycles. The van der Waals surface area contributed by atoms with Crippen LogP contribution in [0, 0.1) is 0 Å². The van der Waals surface area contributed by atoms with Gasteiger partial charge >= 0.3 is 0 Å². The number of ether oxygens (including phenoxy) is 1. The third kappa shape index (κ3) is 3.20. The minimum Gasteiger partial charge on any atom is -0.374 e. The number of hydrogen-bond donors (Lipinski definition) is 1. The van der Waals surface area contributed by atoms with E-state index in [-0.39, 0.29) is 6.10 Å². The topological polar surface area (TPSA) is 12.5 Å². The van der Waals surface area contributed by atoms with Crippen molar-refractivity contribution in [2.45, 2.75) is 12.5 Å². The van der Waals surface area contributed by atoms with E-state index in [1.54, 1.807) is 0 Å². The van der Waals surface area contributed by atoms with Crippen molar-refractivity contribution in [2.24, 2.45) is 0 Å². The minimum absolute atomic E-state index is 0.223. The molecular weight excluding hydrogens is 238 g/mol. The van der Waals surface area contributed by atoms with Crippen LogP contribution in [0.25, 0.3) is 0 Å².